The minimum absolute atomic E-state index is 0.201. The molecule has 0 radical (unpaired) electrons. The third kappa shape index (κ3) is 2.52. The van der Waals surface area contributed by atoms with Crippen LogP contribution < -0.4 is 0 Å². The largest absolute Gasteiger partial charge is 0.416 e. The van der Waals surface area contributed by atoms with Crippen molar-refractivity contribution in [2.75, 3.05) is 0 Å². The molecule has 1 heterocycles. The number of fused-ring (bicyclic) bond motifs is 1. The number of rotatable bonds is 3. The lowest BCUT2D eigenvalue weighted by atomic mass is 9.80. The topological polar surface area (TPSA) is 17.8 Å². The SMILES string of the molecule is CC(C1CCC1)n1c(CCl)nc2cc(C(F)(F)F)ccc21. The van der Waals surface area contributed by atoms with Gasteiger partial charge in [0, 0.05) is 6.04 Å². The average molecular weight is 317 g/mol. The molecule has 0 spiro atoms. The quantitative estimate of drug-likeness (QED) is 0.716. The highest BCUT2D eigenvalue weighted by atomic mass is 35.5. The van der Waals surface area contributed by atoms with Crippen LogP contribution in [0.3, 0.4) is 0 Å². The Morgan fingerprint density at radius 2 is 2.10 bits per heavy atom. The molecule has 0 amide bonds. The van der Waals surface area contributed by atoms with Crippen LogP contribution in [0.25, 0.3) is 11.0 Å². The van der Waals surface area contributed by atoms with E-state index in [0.717, 1.165) is 30.5 Å². The van der Waals surface area contributed by atoms with E-state index in [1.165, 1.54) is 12.5 Å². The number of aromatic nitrogens is 2. The molecule has 3 rings (SSSR count). The third-order valence-corrected chi connectivity index (χ3v) is 4.69. The van der Waals surface area contributed by atoms with Gasteiger partial charge in [-0.05, 0) is 43.9 Å². The van der Waals surface area contributed by atoms with Crippen molar-refractivity contribution < 1.29 is 13.2 Å². The van der Waals surface area contributed by atoms with Crippen LogP contribution in [0.4, 0.5) is 13.2 Å². The maximum atomic E-state index is 12.8. The molecule has 114 valence electrons. The molecular formula is C15H16ClF3N2. The minimum Gasteiger partial charge on any atom is -0.324 e. The van der Waals surface area contributed by atoms with Crippen LogP contribution in [0.15, 0.2) is 18.2 Å². The first kappa shape index (κ1) is 14.7. The number of hydrogen-bond acceptors (Lipinski definition) is 1. The molecular weight excluding hydrogens is 301 g/mol. The first-order valence-electron chi connectivity index (χ1n) is 7.06. The second kappa shape index (κ2) is 5.20. The monoisotopic (exact) mass is 316 g/mol. The molecule has 6 heteroatoms. The normalized spacial score (nSPS) is 18.0. The minimum atomic E-state index is -4.35. The fourth-order valence-electron chi connectivity index (χ4n) is 3.01. The molecule has 1 aliphatic rings. The Hall–Kier alpha value is -1.23. The Morgan fingerprint density at radius 3 is 2.62 bits per heavy atom. The molecule has 2 aromatic rings. The number of alkyl halides is 4. The highest BCUT2D eigenvalue weighted by Gasteiger charge is 2.32. The van der Waals surface area contributed by atoms with Gasteiger partial charge in [0.2, 0.25) is 0 Å². The second-order valence-electron chi connectivity index (χ2n) is 5.66. The van der Waals surface area contributed by atoms with Crippen molar-refractivity contribution in [3.63, 3.8) is 0 Å². The van der Waals surface area contributed by atoms with Crippen molar-refractivity contribution in [2.24, 2.45) is 5.92 Å². The summed E-state index contributed by atoms with van der Waals surface area (Å²) in [5, 5.41) is 0. The molecule has 1 unspecified atom stereocenters. The smallest absolute Gasteiger partial charge is 0.324 e. The molecule has 0 bridgehead atoms. The zero-order valence-corrected chi connectivity index (χ0v) is 12.4. The standard InChI is InChI=1S/C15H16ClF3N2/c1-9(10-3-2-4-10)21-13-6-5-11(15(17,18)19)7-12(13)20-14(21)8-16/h5-7,9-10H,2-4,8H2,1H3. The van der Waals surface area contributed by atoms with E-state index in [2.05, 4.69) is 11.9 Å². The Morgan fingerprint density at radius 1 is 1.38 bits per heavy atom. The van der Waals surface area contributed by atoms with Gasteiger partial charge in [-0.15, -0.1) is 11.6 Å². The van der Waals surface area contributed by atoms with Crippen LogP contribution in [-0.4, -0.2) is 9.55 Å². The maximum absolute atomic E-state index is 12.8. The lowest BCUT2D eigenvalue weighted by Crippen LogP contribution is -2.24. The fraction of sp³-hybridized carbons (Fsp3) is 0.533. The van der Waals surface area contributed by atoms with Crippen LogP contribution in [-0.2, 0) is 12.1 Å². The van der Waals surface area contributed by atoms with Gasteiger partial charge in [0.15, 0.2) is 0 Å². The predicted molar refractivity (Wildman–Crippen MR) is 76.3 cm³/mol. The van der Waals surface area contributed by atoms with Crippen LogP contribution >= 0.6 is 11.6 Å². The molecule has 1 fully saturated rings. The zero-order chi connectivity index (χ0) is 15.2. The van der Waals surface area contributed by atoms with Gasteiger partial charge in [-0.2, -0.15) is 13.2 Å². The molecule has 1 aliphatic carbocycles. The molecule has 1 aromatic heterocycles. The van der Waals surface area contributed by atoms with E-state index >= 15 is 0 Å². The van der Waals surface area contributed by atoms with Crippen molar-refractivity contribution in [3.8, 4) is 0 Å². The summed E-state index contributed by atoms with van der Waals surface area (Å²) in [7, 11) is 0. The van der Waals surface area contributed by atoms with Crippen LogP contribution in [0.1, 0.15) is 43.6 Å². The number of halogens is 4. The van der Waals surface area contributed by atoms with Crippen molar-refractivity contribution in [1.82, 2.24) is 9.55 Å². The third-order valence-electron chi connectivity index (χ3n) is 4.45. The van der Waals surface area contributed by atoms with Crippen molar-refractivity contribution >= 4 is 22.6 Å². The summed E-state index contributed by atoms with van der Waals surface area (Å²) in [6.45, 7) is 2.10. The van der Waals surface area contributed by atoms with Gasteiger partial charge < -0.3 is 4.57 Å². The molecule has 1 atom stereocenters. The molecule has 0 aliphatic heterocycles. The molecule has 21 heavy (non-hydrogen) atoms. The Kier molecular flexibility index (Phi) is 3.64. The highest BCUT2D eigenvalue weighted by molar-refractivity contribution is 6.16. The number of benzene rings is 1. The van der Waals surface area contributed by atoms with Gasteiger partial charge in [-0.25, -0.2) is 4.98 Å². The van der Waals surface area contributed by atoms with Crippen molar-refractivity contribution in [2.45, 2.75) is 44.3 Å². The first-order valence-corrected chi connectivity index (χ1v) is 7.59. The van der Waals surface area contributed by atoms with E-state index < -0.39 is 11.7 Å². The van der Waals surface area contributed by atoms with E-state index in [0.29, 0.717) is 17.3 Å². The van der Waals surface area contributed by atoms with Gasteiger partial charge in [-0.1, -0.05) is 6.42 Å². The van der Waals surface area contributed by atoms with E-state index in [9.17, 15) is 13.2 Å². The van der Waals surface area contributed by atoms with Crippen molar-refractivity contribution in [3.05, 3.63) is 29.6 Å². The summed E-state index contributed by atoms with van der Waals surface area (Å²) in [4.78, 5) is 4.30. The summed E-state index contributed by atoms with van der Waals surface area (Å²) in [6, 6.07) is 3.95. The van der Waals surface area contributed by atoms with Gasteiger partial charge in [0.05, 0.1) is 22.5 Å². The summed E-state index contributed by atoms with van der Waals surface area (Å²) >= 11 is 5.94. The van der Waals surface area contributed by atoms with Crippen LogP contribution in [0.5, 0.6) is 0 Å². The van der Waals surface area contributed by atoms with Gasteiger partial charge in [-0.3, -0.25) is 0 Å². The fourth-order valence-corrected chi connectivity index (χ4v) is 3.20. The molecule has 1 saturated carbocycles. The summed E-state index contributed by atoms with van der Waals surface area (Å²) < 4.78 is 40.4. The maximum Gasteiger partial charge on any atom is 0.416 e. The van der Waals surface area contributed by atoms with E-state index in [1.54, 1.807) is 0 Å². The first-order chi connectivity index (χ1) is 9.91. The van der Waals surface area contributed by atoms with Gasteiger partial charge >= 0.3 is 6.18 Å². The summed E-state index contributed by atoms with van der Waals surface area (Å²) in [5.41, 5.74) is 0.432. The Balaban J connectivity index is 2.10. The summed E-state index contributed by atoms with van der Waals surface area (Å²) in [5.74, 6) is 1.41. The Labute approximate surface area is 125 Å². The van der Waals surface area contributed by atoms with Gasteiger partial charge in [0.1, 0.15) is 5.82 Å². The van der Waals surface area contributed by atoms with Crippen LogP contribution in [0.2, 0.25) is 0 Å². The number of nitrogens with zero attached hydrogens (tertiary/aromatic N) is 2. The second-order valence-corrected chi connectivity index (χ2v) is 5.93. The Bertz CT molecular complexity index is 659. The zero-order valence-electron chi connectivity index (χ0n) is 11.6. The van der Waals surface area contributed by atoms with Gasteiger partial charge in [0.25, 0.3) is 0 Å². The summed E-state index contributed by atoms with van der Waals surface area (Å²) in [6.07, 6.45) is -0.818. The number of hydrogen-bond donors (Lipinski definition) is 0. The molecule has 0 saturated heterocycles. The lowest BCUT2D eigenvalue weighted by Gasteiger charge is -2.33. The lowest BCUT2D eigenvalue weighted by molar-refractivity contribution is -0.137. The van der Waals surface area contributed by atoms with Crippen LogP contribution in [0, 0.1) is 5.92 Å². The molecule has 2 nitrogen and oxygen atoms in total. The highest BCUT2D eigenvalue weighted by Crippen LogP contribution is 2.39. The van der Waals surface area contributed by atoms with E-state index in [1.807, 2.05) is 4.57 Å². The van der Waals surface area contributed by atoms with E-state index in [-0.39, 0.29) is 11.9 Å². The average Bonchev–Trinajstić information content (AvgIpc) is 2.72. The predicted octanol–water partition coefficient (Wildman–Crippen LogP) is 5.16. The number of imidazole rings is 1. The van der Waals surface area contributed by atoms with Crippen molar-refractivity contribution in [1.29, 1.82) is 0 Å². The molecule has 1 aromatic carbocycles. The molecule has 0 N–H and O–H groups in total. The van der Waals surface area contributed by atoms with E-state index in [4.69, 9.17) is 11.6 Å².